The zero-order valence-corrected chi connectivity index (χ0v) is 10.9. The molecule has 0 radical (unpaired) electrons. The average Bonchev–Trinajstić information content (AvgIpc) is 1.76. The third-order valence-corrected chi connectivity index (χ3v) is 0.556. The minimum Gasteiger partial charge on any atom is -0.358 e. The molecule has 0 saturated carbocycles. The largest absolute Gasteiger partial charge is 0.358 e. The minimum atomic E-state index is 0. The first-order valence-electron chi connectivity index (χ1n) is 1.67. The Hall–Kier alpha value is 0.0643. The molecule has 0 unspecified atom stereocenters. The van der Waals surface area contributed by atoms with E-state index in [-0.39, 0.29) is 66.3 Å². The third kappa shape index (κ3) is 32.2. The summed E-state index contributed by atoms with van der Waals surface area (Å²) in [5, 5.41) is 0. The van der Waals surface area contributed by atoms with Gasteiger partial charge in [-0.15, -0.1) is 0 Å². The zero-order valence-electron chi connectivity index (χ0n) is 9.39. The van der Waals surface area contributed by atoms with Gasteiger partial charge in [0.1, 0.15) is 0 Å². The van der Waals surface area contributed by atoms with Gasteiger partial charge in [-0.2, -0.15) is 18.2 Å². The molecule has 1 rings (SSSR count). The predicted octanol–water partition coefficient (Wildman–Crippen LogP) is 4.10. The Labute approximate surface area is 96.7 Å². The quantitative estimate of drug-likeness (QED) is 0.439. The van der Waals surface area contributed by atoms with Crippen LogP contribution in [0, 0.1) is 44.6 Å². The summed E-state index contributed by atoms with van der Waals surface area (Å²) in [5.41, 5.74) is 0. The minimum absolute atomic E-state index is 0. The summed E-state index contributed by atoms with van der Waals surface area (Å²) in [6.45, 7) is 0. The van der Waals surface area contributed by atoms with Gasteiger partial charge in [0.15, 0.2) is 0 Å². The Kier molecular flexibility index (Phi) is 210. The van der Waals surface area contributed by atoms with Gasteiger partial charge in [0.2, 0.25) is 0 Å². The molecule has 0 amide bonds. The molecule has 0 atom stereocenters. The molecule has 0 nitrogen and oxygen atoms in total. The van der Waals surface area contributed by atoms with Crippen molar-refractivity contribution >= 4 is 0 Å². The van der Waals surface area contributed by atoms with Gasteiger partial charge in [0.25, 0.3) is 0 Å². The molecule has 1 aromatic carbocycles. The summed E-state index contributed by atoms with van der Waals surface area (Å²) >= 11 is 0. The third-order valence-electron chi connectivity index (χ3n) is 0.556. The van der Waals surface area contributed by atoms with Crippen molar-refractivity contribution in [2.24, 2.45) is 0 Å². The molecule has 0 aromatic heterocycles. The second kappa shape index (κ2) is 43.7. The van der Waals surface area contributed by atoms with Crippen LogP contribution >= 0.6 is 0 Å². The Morgan fingerprint density at radius 1 is 0.583 bits per heavy atom. The topological polar surface area (TPSA) is 0 Å². The van der Waals surface area contributed by atoms with Crippen molar-refractivity contribution < 1.29 is 21.7 Å². The van der Waals surface area contributed by atoms with Crippen LogP contribution in [0.3, 0.4) is 0 Å². The maximum atomic E-state index is 2.00. The van der Waals surface area contributed by atoms with Gasteiger partial charge in [0.05, 0.1) is 0 Å². The number of rotatable bonds is 0. The van der Waals surface area contributed by atoms with Crippen molar-refractivity contribution in [2.45, 2.75) is 0 Å². The Balaban J connectivity index is -0.00000000714. The molecular formula is C11H23Ti-7. The average molecular weight is 203 g/mol. The molecule has 78 valence electrons. The summed E-state index contributed by atoms with van der Waals surface area (Å²) in [5.74, 6) is 0. The molecule has 0 spiro atoms. The molecule has 0 aliphatic rings. The maximum Gasteiger partial charge on any atom is 0 e. The summed E-state index contributed by atoms with van der Waals surface area (Å²) in [4.78, 5) is 0. The van der Waals surface area contributed by atoms with Gasteiger partial charge >= 0.3 is 0 Å². The van der Waals surface area contributed by atoms with Crippen LogP contribution in [0.1, 0.15) is 0 Å². The van der Waals surface area contributed by atoms with Crippen LogP contribution in [0.15, 0.2) is 30.3 Å². The summed E-state index contributed by atoms with van der Waals surface area (Å²) in [7, 11) is 0. The van der Waals surface area contributed by atoms with Crippen LogP contribution in [0.25, 0.3) is 0 Å². The molecule has 0 heterocycles. The van der Waals surface area contributed by atoms with Crippen molar-refractivity contribution in [3.63, 3.8) is 0 Å². The first-order chi connectivity index (χ1) is 2.50. The molecule has 0 bridgehead atoms. The molecule has 0 N–H and O–H groups in total. The molecular weight excluding hydrogens is 180 g/mol. The SMILES string of the molecule is [CH3-].[CH3-].[CH3-].[CH3-].[CH3-].[CH3-].[Ti].c1cc[cH-]c1. The monoisotopic (exact) mass is 203 g/mol. The van der Waals surface area contributed by atoms with Gasteiger partial charge < -0.3 is 44.6 Å². The fraction of sp³-hybridized carbons (Fsp3) is 0. The summed E-state index contributed by atoms with van der Waals surface area (Å²) < 4.78 is 0. The van der Waals surface area contributed by atoms with E-state index < -0.39 is 0 Å². The van der Waals surface area contributed by atoms with Gasteiger partial charge in [0, 0.05) is 21.7 Å². The van der Waals surface area contributed by atoms with Gasteiger partial charge in [-0.1, -0.05) is 0 Å². The van der Waals surface area contributed by atoms with E-state index in [9.17, 15) is 0 Å². The van der Waals surface area contributed by atoms with Crippen LogP contribution in [-0.2, 0) is 21.7 Å². The first kappa shape index (κ1) is 57.6. The van der Waals surface area contributed by atoms with Gasteiger partial charge in [-0.25, -0.2) is 12.1 Å². The summed E-state index contributed by atoms with van der Waals surface area (Å²) in [6.07, 6.45) is 0. The first-order valence-corrected chi connectivity index (χ1v) is 1.67. The van der Waals surface area contributed by atoms with Crippen molar-refractivity contribution in [2.75, 3.05) is 0 Å². The smallest absolute Gasteiger partial charge is 0 e. The van der Waals surface area contributed by atoms with Crippen LogP contribution in [-0.4, -0.2) is 0 Å². The van der Waals surface area contributed by atoms with E-state index in [1.165, 1.54) is 0 Å². The van der Waals surface area contributed by atoms with Crippen molar-refractivity contribution in [3.05, 3.63) is 74.9 Å². The predicted molar refractivity (Wildman–Crippen MR) is 60.5 cm³/mol. The zero-order chi connectivity index (χ0) is 3.54. The maximum absolute atomic E-state index is 2.00. The molecule has 1 heteroatoms. The van der Waals surface area contributed by atoms with E-state index >= 15 is 0 Å². The fourth-order valence-electron chi connectivity index (χ4n) is 0.321. The fourth-order valence-corrected chi connectivity index (χ4v) is 0.321. The second-order valence-electron chi connectivity index (χ2n) is 0.962. The Morgan fingerprint density at radius 2 is 0.833 bits per heavy atom. The normalized spacial score (nSPS) is 3.33. The van der Waals surface area contributed by atoms with E-state index in [0.717, 1.165) is 0 Å². The van der Waals surface area contributed by atoms with Gasteiger partial charge in [-0.05, 0) is 0 Å². The van der Waals surface area contributed by atoms with E-state index in [1.54, 1.807) is 0 Å². The van der Waals surface area contributed by atoms with Crippen molar-refractivity contribution in [3.8, 4) is 0 Å². The van der Waals surface area contributed by atoms with Crippen molar-refractivity contribution in [1.29, 1.82) is 0 Å². The van der Waals surface area contributed by atoms with Gasteiger partial charge in [-0.3, -0.25) is 0 Å². The van der Waals surface area contributed by atoms with Crippen molar-refractivity contribution in [1.82, 2.24) is 0 Å². The Morgan fingerprint density at radius 3 is 0.917 bits per heavy atom. The standard InChI is InChI=1S/C5H5.6CH3.Ti/c1-2-4-5-3-1;;;;;;;/h1-5H;6*1H3;/q7*-1;. The number of hydrogen-bond donors (Lipinski definition) is 0. The van der Waals surface area contributed by atoms with Crippen LogP contribution in [0.5, 0.6) is 0 Å². The van der Waals surface area contributed by atoms with Crippen LogP contribution < -0.4 is 0 Å². The Bertz CT molecular complexity index is 61.5. The molecule has 0 aliphatic heterocycles. The van der Waals surface area contributed by atoms with Crippen LogP contribution in [0.2, 0.25) is 0 Å². The molecule has 1 aromatic rings. The summed E-state index contributed by atoms with van der Waals surface area (Å²) in [6, 6.07) is 10.0. The second-order valence-corrected chi connectivity index (χ2v) is 0.962. The van der Waals surface area contributed by atoms with E-state index in [0.29, 0.717) is 0 Å². The number of hydrogen-bond acceptors (Lipinski definition) is 0. The van der Waals surface area contributed by atoms with E-state index in [4.69, 9.17) is 0 Å². The van der Waals surface area contributed by atoms with E-state index in [1.807, 2.05) is 30.3 Å². The van der Waals surface area contributed by atoms with Crippen LogP contribution in [0.4, 0.5) is 0 Å². The van der Waals surface area contributed by atoms with E-state index in [2.05, 4.69) is 0 Å². The molecule has 0 aliphatic carbocycles. The molecule has 0 fully saturated rings. The molecule has 12 heavy (non-hydrogen) atoms. The molecule has 0 saturated heterocycles.